The molecule has 1 aromatic carbocycles. The van der Waals surface area contributed by atoms with Crippen molar-refractivity contribution in [2.45, 2.75) is 37.8 Å². The lowest BCUT2D eigenvalue weighted by molar-refractivity contribution is -0.141. The van der Waals surface area contributed by atoms with Crippen molar-refractivity contribution < 1.29 is 22.4 Å². The van der Waals surface area contributed by atoms with Crippen LogP contribution in [-0.4, -0.2) is 22.4 Å². The quantitative estimate of drug-likeness (QED) is 0.796. The molecule has 0 unspecified atom stereocenters. The van der Waals surface area contributed by atoms with Gasteiger partial charge in [-0.2, -0.15) is 13.2 Å². The zero-order valence-electron chi connectivity index (χ0n) is 13.8. The smallest absolute Gasteiger partial charge is 0.355 e. The number of hydrogen-bond donors (Lipinski definition) is 1. The first-order valence-electron chi connectivity index (χ1n) is 8.27. The van der Waals surface area contributed by atoms with Crippen LogP contribution in [0.4, 0.5) is 17.6 Å². The summed E-state index contributed by atoms with van der Waals surface area (Å²) < 4.78 is 51.7. The van der Waals surface area contributed by atoms with Crippen LogP contribution in [-0.2, 0) is 23.8 Å². The molecule has 4 nitrogen and oxygen atoms in total. The van der Waals surface area contributed by atoms with E-state index in [0.29, 0.717) is 11.3 Å². The third-order valence-electron chi connectivity index (χ3n) is 4.03. The minimum atomic E-state index is -4.52. The van der Waals surface area contributed by atoms with Crippen molar-refractivity contribution >= 4 is 5.91 Å². The van der Waals surface area contributed by atoms with E-state index in [4.69, 9.17) is 0 Å². The molecule has 1 fully saturated rings. The number of benzene rings is 1. The number of nitrogens with zero attached hydrogens (tertiary/aromatic N) is 2. The summed E-state index contributed by atoms with van der Waals surface area (Å²) in [6, 6.07) is 6.55. The highest BCUT2D eigenvalue weighted by atomic mass is 19.4. The third-order valence-corrected chi connectivity index (χ3v) is 4.03. The molecule has 1 aromatic heterocycles. The number of alkyl halides is 3. The summed E-state index contributed by atoms with van der Waals surface area (Å²) >= 11 is 0. The van der Waals surface area contributed by atoms with Gasteiger partial charge in [-0.1, -0.05) is 12.1 Å². The van der Waals surface area contributed by atoms with Crippen LogP contribution in [0.2, 0.25) is 0 Å². The maximum Gasteiger partial charge on any atom is 0.433 e. The first-order valence-corrected chi connectivity index (χ1v) is 8.27. The topological polar surface area (TPSA) is 54.9 Å². The van der Waals surface area contributed by atoms with Crippen LogP contribution in [0.15, 0.2) is 30.3 Å². The van der Waals surface area contributed by atoms with Gasteiger partial charge in [-0.05, 0) is 36.6 Å². The lowest BCUT2D eigenvalue weighted by Crippen LogP contribution is -2.28. The fourth-order valence-corrected chi connectivity index (χ4v) is 2.53. The van der Waals surface area contributed by atoms with Crippen molar-refractivity contribution in [3.63, 3.8) is 0 Å². The van der Waals surface area contributed by atoms with Crippen LogP contribution in [0.25, 0.3) is 0 Å². The fraction of sp³-hybridized carbons (Fsp3) is 0.389. The van der Waals surface area contributed by atoms with Gasteiger partial charge in [0.25, 0.3) is 0 Å². The number of hydrogen-bond acceptors (Lipinski definition) is 3. The minimum Gasteiger partial charge on any atom is -0.355 e. The number of amides is 1. The number of carbonyl (C=O) groups excluding carboxylic acids is 1. The molecule has 1 N–H and O–H groups in total. The summed E-state index contributed by atoms with van der Waals surface area (Å²) in [5, 5.41) is 2.62. The molecule has 8 heteroatoms. The van der Waals surface area contributed by atoms with Crippen LogP contribution in [0.1, 0.15) is 41.5 Å². The van der Waals surface area contributed by atoms with Gasteiger partial charge in [0.1, 0.15) is 17.3 Å². The number of aromatic nitrogens is 2. The highest BCUT2D eigenvalue weighted by Gasteiger charge is 2.35. The van der Waals surface area contributed by atoms with E-state index in [2.05, 4.69) is 15.3 Å². The van der Waals surface area contributed by atoms with Gasteiger partial charge in [0.2, 0.25) is 5.91 Å². The van der Waals surface area contributed by atoms with Gasteiger partial charge < -0.3 is 5.32 Å². The molecule has 1 amide bonds. The van der Waals surface area contributed by atoms with E-state index in [1.807, 2.05) is 0 Å². The van der Waals surface area contributed by atoms with E-state index in [1.165, 1.54) is 24.3 Å². The van der Waals surface area contributed by atoms with Crippen molar-refractivity contribution in [1.82, 2.24) is 15.3 Å². The SMILES string of the molecule is O=C(Cc1ccc(F)cc1)NCCc1nc(C2CC2)cc(C(F)(F)F)n1. The second-order valence-electron chi connectivity index (χ2n) is 6.27. The Morgan fingerprint density at radius 3 is 2.46 bits per heavy atom. The van der Waals surface area contributed by atoms with Gasteiger partial charge in [0, 0.05) is 24.6 Å². The predicted molar refractivity (Wildman–Crippen MR) is 85.8 cm³/mol. The summed E-state index contributed by atoms with van der Waals surface area (Å²) in [5.41, 5.74) is 0.122. The van der Waals surface area contributed by atoms with E-state index in [-0.39, 0.29) is 42.9 Å². The predicted octanol–water partition coefficient (Wildman–Crippen LogP) is 3.41. The first-order chi connectivity index (χ1) is 12.3. The molecule has 1 heterocycles. The Kier molecular flexibility index (Phi) is 5.20. The van der Waals surface area contributed by atoms with Crippen molar-refractivity contribution in [3.05, 3.63) is 58.9 Å². The second kappa shape index (κ2) is 7.39. The Hall–Kier alpha value is -2.51. The Balaban J connectivity index is 1.57. The monoisotopic (exact) mass is 367 g/mol. The molecule has 0 radical (unpaired) electrons. The average molecular weight is 367 g/mol. The van der Waals surface area contributed by atoms with Gasteiger partial charge in [0.15, 0.2) is 0 Å². The van der Waals surface area contributed by atoms with Crippen LogP contribution in [0.5, 0.6) is 0 Å². The zero-order chi connectivity index (χ0) is 18.7. The molecule has 3 rings (SSSR count). The third kappa shape index (κ3) is 5.00. The number of carbonyl (C=O) groups is 1. The molecule has 0 spiro atoms. The maximum absolute atomic E-state index is 13.0. The van der Waals surface area contributed by atoms with E-state index in [0.717, 1.165) is 18.9 Å². The molecule has 138 valence electrons. The largest absolute Gasteiger partial charge is 0.433 e. The van der Waals surface area contributed by atoms with Gasteiger partial charge in [-0.25, -0.2) is 14.4 Å². The summed E-state index contributed by atoms with van der Waals surface area (Å²) in [6.45, 7) is 0.130. The molecule has 0 atom stereocenters. The normalized spacial score (nSPS) is 14.3. The van der Waals surface area contributed by atoms with Crippen molar-refractivity contribution in [1.29, 1.82) is 0 Å². The molecular formula is C18H17F4N3O. The summed E-state index contributed by atoms with van der Waals surface area (Å²) in [6.07, 6.45) is -2.67. The molecule has 26 heavy (non-hydrogen) atoms. The Morgan fingerprint density at radius 2 is 1.85 bits per heavy atom. The van der Waals surface area contributed by atoms with Crippen molar-refractivity contribution in [2.75, 3.05) is 6.54 Å². The summed E-state index contributed by atoms with van der Waals surface area (Å²) in [4.78, 5) is 19.6. The average Bonchev–Trinajstić information content (AvgIpc) is 3.41. The Bertz CT molecular complexity index is 786. The van der Waals surface area contributed by atoms with E-state index < -0.39 is 11.9 Å². The molecule has 0 aliphatic heterocycles. The van der Waals surface area contributed by atoms with Crippen LogP contribution < -0.4 is 5.32 Å². The number of nitrogens with one attached hydrogen (secondary N) is 1. The fourth-order valence-electron chi connectivity index (χ4n) is 2.53. The summed E-state index contributed by atoms with van der Waals surface area (Å²) in [7, 11) is 0. The lowest BCUT2D eigenvalue weighted by Gasteiger charge is -2.11. The first kappa shape index (κ1) is 18.3. The number of rotatable bonds is 6. The highest BCUT2D eigenvalue weighted by molar-refractivity contribution is 5.78. The molecule has 0 bridgehead atoms. The Labute approximate surface area is 147 Å². The van der Waals surface area contributed by atoms with Crippen LogP contribution in [0, 0.1) is 5.82 Å². The molecule has 1 aliphatic rings. The standard InChI is InChI=1S/C18H17F4N3O/c19-13-5-1-11(2-6-13)9-17(26)23-8-7-16-24-14(12-3-4-12)10-15(25-16)18(20,21)22/h1-2,5-6,10,12H,3-4,7-9H2,(H,23,26). The maximum atomic E-state index is 13.0. The van der Waals surface area contributed by atoms with Crippen LogP contribution in [0.3, 0.4) is 0 Å². The van der Waals surface area contributed by atoms with Gasteiger partial charge in [-0.3, -0.25) is 4.79 Å². The molecule has 1 saturated carbocycles. The molecular weight excluding hydrogens is 350 g/mol. The van der Waals surface area contributed by atoms with Gasteiger partial charge >= 0.3 is 6.18 Å². The van der Waals surface area contributed by atoms with E-state index in [1.54, 1.807) is 0 Å². The lowest BCUT2D eigenvalue weighted by atomic mass is 10.1. The van der Waals surface area contributed by atoms with E-state index in [9.17, 15) is 22.4 Å². The number of halogens is 4. The minimum absolute atomic E-state index is 0.0665. The summed E-state index contributed by atoms with van der Waals surface area (Å²) in [5.74, 6) is -0.539. The van der Waals surface area contributed by atoms with Crippen molar-refractivity contribution in [2.24, 2.45) is 0 Å². The molecule has 2 aromatic rings. The van der Waals surface area contributed by atoms with Gasteiger partial charge in [-0.15, -0.1) is 0 Å². The highest BCUT2D eigenvalue weighted by Crippen LogP contribution is 2.40. The van der Waals surface area contributed by atoms with Crippen LogP contribution >= 0.6 is 0 Å². The van der Waals surface area contributed by atoms with Gasteiger partial charge in [0.05, 0.1) is 6.42 Å². The second-order valence-corrected chi connectivity index (χ2v) is 6.27. The Morgan fingerprint density at radius 1 is 1.15 bits per heavy atom. The molecule has 1 aliphatic carbocycles. The van der Waals surface area contributed by atoms with Crippen molar-refractivity contribution in [3.8, 4) is 0 Å². The zero-order valence-corrected chi connectivity index (χ0v) is 13.8. The van der Waals surface area contributed by atoms with E-state index >= 15 is 0 Å². The molecule has 0 saturated heterocycles.